The van der Waals surface area contributed by atoms with E-state index in [9.17, 15) is 13.6 Å². The number of benzene rings is 2. The molecule has 1 aliphatic heterocycles. The molecule has 0 radical (unpaired) electrons. The van der Waals surface area contributed by atoms with E-state index >= 15 is 0 Å². The smallest absolute Gasteiger partial charge is 0.223 e. The summed E-state index contributed by atoms with van der Waals surface area (Å²) in [6.07, 6.45) is 1.29. The lowest BCUT2D eigenvalue weighted by Gasteiger charge is -2.31. The molecular formula is C27H32F2N2O2. The van der Waals surface area contributed by atoms with Gasteiger partial charge in [0.05, 0.1) is 12.6 Å². The van der Waals surface area contributed by atoms with E-state index in [1.165, 1.54) is 12.8 Å². The zero-order valence-corrected chi connectivity index (χ0v) is 19.1. The number of carbonyl (C=O) groups excluding carboxylic acids is 1. The van der Waals surface area contributed by atoms with Gasteiger partial charge < -0.3 is 10.1 Å². The minimum Gasteiger partial charge on any atom is -0.493 e. The van der Waals surface area contributed by atoms with Crippen LogP contribution in [0.1, 0.15) is 67.1 Å². The molecule has 3 aliphatic rings. The van der Waals surface area contributed by atoms with E-state index in [0.29, 0.717) is 38.4 Å². The summed E-state index contributed by atoms with van der Waals surface area (Å²) in [5.74, 6) is 1.19. The number of amides is 1. The maximum Gasteiger partial charge on any atom is 0.223 e. The van der Waals surface area contributed by atoms with Gasteiger partial charge in [0.25, 0.3) is 0 Å². The highest BCUT2D eigenvalue weighted by Gasteiger charge is 2.35. The van der Waals surface area contributed by atoms with Crippen molar-refractivity contribution >= 4 is 5.91 Å². The van der Waals surface area contributed by atoms with Gasteiger partial charge in [0.15, 0.2) is 0 Å². The number of hydrogen-bond acceptors (Lipinski definition) is 3. The van der Waals surface area contributed by atoms with Crippen LogP contribution < -0.4 is 10.1 Å². The molecule has 4 nitrogen and oxygen atoms in total. The van der Waals surface area contributed by atoms with Gasteiger partial charge in [-0.25, -0.2) is 8.78 Å². The Labute approximate surface area is 194 Å². The summed E-state index contributed by atoms with van der Waals surface area (Å²) in [4.78, 5) is 14.3. The lowest BCUT2D eigenvalue weighted by Crippen LogP contribution is -2.40. The maximum atomic E-state index is 15.0. The average Bonchev–Trinajstić information content (AvgIpc) is 3.61. The van der Waals surface area contributed by atoms with Gasteiger partial charge in [-0.1, -0.05) is 30.3 Å². The minimum atomic E-state index is -1.02. The summed E-state index contributed by atoms with van der Waals surface area (Å²) in [6.45, 7) is 4.42. The maximum absolute atomic E-state index is 15.0. The molecule has 1 unspecified atom stereocenters. The first-order chi connectivity index (χ1) is 15.9. The van der Waals surface area contributed by atoms with E-state index in [1.807, 2.05) is 49.4 Å². The number of nitrogens with zero attached hydrogens (tertiary/aromatic N) is 1. The third-order valence-corrected chi connectivity index (χ3v) is 7.15. The lowest BCUT2D eigenvalue weighted by molar-refractivity contribution is -0.130. The second kappa shape index (κ2) is 9.41. The Morgan fingerprint density at radius 3 is 2.61 bits per heavy atom. The van der Waals surface area contributed by atoms with Gasteiger partial charge in [0.1, 0.15) is 18.1 Å². The fourth-order valence-electron chi connectivity index (χ4n) is 4.69. The van der Waals surface area contributed by atoms with E-state index in [0.717, 1.165) is 34.6 Å². The topological polar surface area (TPSA) is 41.6 Å². The average molecular weight is 455 g/mol. The second-order valence-corrected chi connectivity index (χ2v) is 9.99. The molecule has 2 saturated carbocycles. The van der Waals surface area contributed by atoms with Crippen molar-refractivity contribution in [1.82, 2.24) is 10.2 Å². The molecule has 0 aromatic heterocycles. The number of fused-ring (bicyclic) bond motifs is 1. The number of nitrogens with one attached hydrogen (secondary N) is 1. The second-order valence-electron chi connectivity index (χ2n) is 9.99. The van der Waals surface area contributed by atoms with Crippen LogP contribution in [0.5, 0.6) is 5.75 Å². The van der Waals surface area contributed by atoms with Crippen molar-refractivity contribution in [2.75, 3.05) is 13.2 Å². The van der Waals surface area contributed by atoms with Crippen LogP contribution in [0.3, 0.4) is 0 Å². The summed E-state index contributed by atoms with van der Waals surface area (Å²) in [6, 6.07) is 13.8. The van der Waals surface area contributed by atoms with Gasteiger partial charge >= 0.3 is 0 Å². The fraction of sp³-hybridized carbons (Fsp3) is 0.519. The number of hydrogen-bond donors (Lipinski definition) is 1. The molecule has 0 saturated heterocycles. The first-order valence-corrected chi connectivity index (χ1v) is 12.1. The Morgan fingerprint density at radius 1 is 1.15 bits per heavy atom. The van der Waals surface area contributed by atoms with E-state index in [-0.39, 0.29) is 17.9 Å². The molecular weight excluding hydrogens is 422 g/mol. The van der Waals surface area contributed by atoms with Crippen molar-refractivity contribution in [3.63, 3.8) is 0 Å². The van der Waals surface area contributed by atoms with Gasteiger partial charge in [-0.15, -0.1) is 0 Å². The highest BCUT2D eigenvalue weighted by Crippen LogP contribution is 2.35. The van der Waals surface area contributed by atoms with Gasteiger partial charge in [0, 0.05) is 25.6 Å². The van der Waals surface area contributed by atoms with Crippen LogP contribution in [0.25, 0.3) is 0 Å². The molecule has 5 rings (SSSR count). The SMILES string of the molecule is C[C@H](NC(=O)C1CC(F)C1)c1ccc(CN2Cc3ccc(OCC4CC4)cc3C(F)C2)cc1. The van der Waals surface area contributed by atoms with Gasteiger partial charge in [-0.2, -0.15) is 0 Å². The summed E-state index contributed by atoms with van der Waals surface area (Å²) >= 11 is 0. The number of ether oxygens (including phenoxy) is 1. The van der Waals surface area contributed by atoms with Crippen molar-refractivity contribution in [3.8, 4) is 5.75 Å². The van der Waals surface area contributed by atoms with Crippen LogP contribution in [0.2, 0.25) is 0 Å². The largest absolute Gasteiger partial charge is 0.493 e. The third-order valence-electron chi connectivity index (χ3n) is 7.15. The lowest BCUT2D eigenvalue weighted by atomic mass is 9.82. The Bertz CT molecular complexity index is 986. The quantitative estimate of drug-likeness (QED) is 0.579. The standard InChI is InChI=1S/C27H32F2N2O2/c1-17(30-27(32)22-10-23(28)11-22)20-6-4-18(5-7-20)13-31-14-21-8-9-24(33-16-19-2-3-19)12-25(21)26(29)15-31/h4-9,12,17,19,22-23,26H,2-3,10-11,13-16H2,1H3,(H,30,32)/t17-,22?,23?,26?/m0/s1. The molecule has 1 amide bonds. The zero-order valence-electron chi connectivity index (χ0n) is 19.1. The Balaban J connectivity index is 1.15. The highest BCUT2D eigenvalue weighted by molar-refractivity contribution is 5.80. The van der Waals surface area contributed by atoms with Gasteiger partial charge in [-0.05, 0) is 72.9 Å². The van der Waals surface area contributed by atoms with Crippen molar-refractivity contribution in [2.24, 2.45) is 11.8 Å². The third kappa shape index (κ3) is 5.37. The normalized spacial score (nSPS) is 25.6. The van der Waals surface area contributed by atoms with Crippen LogP contribution in [0.15, 0.2) is 42.5 Å². The summed E-state index contributed by atoms with van der Waals surface area (Å²) in [5.41, 5.74) is 3.89. The van der Waals surface area contributed by atoms with Crippen molar-refractivity contribution in [1.29, 1.82) is 0 Å². The van der Waals surface area contributed by atoms with E-state index in [1.54, 1.807) is 0 Å². The van der Waals surface area contributed by atoms with E-state index < -0.39 is 12.3 Å². The molecule has 33 heavy (non-hydrogen) atoms. The summed E-state index contributed by atoms with van der Waals surface area (Å²) in [5, 5.41) is 2.98. The molecule has 2 fully saturated rings. The Hall–Kier alpha value is -2.47. The first kappa shape index (κ1) is 22.3. The summed E-state index contributed by atoms with van der Waals surface area (Å²) < 4.78 is 33.8. The molecule has 1 N–H and O–H groups in total. The number of rotatable bonds is 8. The molecule has 0 spiro atoms. The van der Waals surface area contributed by atoms with Crippen LogP contribution in [-0.2, 0) is 17.9 Å². The first-order valence-electron chi connectivity index (χ1n) is 12.1. The molecule has 1 heterocycles. The number of alkyl halides is 2. The van der Waals surface area contributed by atoms with Crippen LogP contribution in [0.4, 0.5) is 8.78 Å². The predicted octanol–water partition coefficient (Wildman–Crippen LogP) is 5.43. The van der Waals surface area contributed by atoms with E-state index in [4.69, 9.17) is 4.74 Å². The molecule has 2 aromatic carbocycles. The van der Waals surface area contributed by atoms with Crippen molar-refractivity contribution < 1.29 is 18.3 Å². The fourth-order valence-corrected chi connectivity index (χ4v) is 4.69. The zero-order chi connectivity index (χ0) is 22.9. The molecule has 6 heteroatoms. The molecule has 176 valence electrons. The summed E-state index contributed by atoms with van der Waals surface area (Å²) in [7, 11) is 0. The van der Waals surface area contributed by atoms with Crippen molar-refractivity contribution in [2.45, 2.75) is 64.1 Å². The van der Waals surface area contributed by atoms with Crippen LogP contribution in [-0.4, -0.2) is 30.1 Å². The van der Waals surface area contributed by atoms with Crippen molar-refractivity contribution in [3.05, 3.63) is 64.7 Å². The number of halogens is 2. The monoisotopic (exact) mass is 454 g/mol. The van der Waals surface area contributed by atoms with Gasteiger partial charge in [-0.3, -0.25) is 9.69 Å². The van der Waals surface area contributed by atoms with Gasteiger partial charge in [0.2, 0.25) is 5.91 Å². The van der Waals surface area contributed by atoms with E-state index in [2.05, 4.69) is 10.2 Å². The van der Waals surface area contributed by atoms with Crippen LogP contribution >= 0.6 is 0 Å². The predicted molar refractivity (Wildman–Crippen MR) is 123 cm³/mol. The minimum absolute atomic E-state index is 0.0671. The molecule has 2 aliphatic carbocycles. The highest BCUT2D eigenvalue weighted by atomic mass is 19.1. The molecule has 2 aromatic rings. The molecule has 0 bridgehead atoms. The number of carbonyl (C=O) groups is 1. The Kier molecular flexibility index (Phi) is 6.37. The molecule has 2 atom stereocenters. The Morgan fingerprint density at radius 2 is 1.91 bits per heavy atom. The van der Waals surface area contributed by atoms with Crippen LogP contribution in [0, 0.1) is 11.8 Å².